The molecule has 0 N–H and O–H groups in total. The Morgan fingerprint density at radius 3 is 2.53 bits per heavy atom. The summed E-state index contributed by atoms with van der Waals surface area (Å²) in [6, 6.07) is 6.10. The molecule has 1 aromatic heterocycles. The van der Waals surface area contributed by atoms with E-state index in [0.717, 1.165) is 38.8 Å². The second-order valence-corrected chi connectivity index (χ2v) is 5.13. The minimum Gasteiger partial charge on any atom is -0.342 e. The molecular formula is C14H18N2O. The van der Waals surface area contributed by atoms with Gasteiger partial charge < -0.3 is 4.90 Å². The van der Waals surface area contributed by atoms with E-state index in [9.17, 15) is 4.79 Å². The molecule has 1 amide bonds. The van der Waals surface area contributed by atoms with Crippen LogP contribution in [0.5, 0.6) is 0 Å². The molecule has 0 bridgehead atoms. The molecule has 0 spiro atoms. The number of amides is 1. The monoisotopic (exact) mass is 230 g/mol. The van der Waals surface area contributed by atoms with Crippen LogP contribution >= 0.6 is 0 Å². The van der Waals surface area contributed by atoms with Gasteiger partial charge >= 0.3 is 0 Å². The highest BCUT2D eigenvalue weighted by Crippen LogP contribution is 2.33. The van der Waals surface area contributed by atoms with Crippen molar-refractivity contribution in [2.45, 2.75) is 31.6 Å². The Balaban J connectivity index is 1.58. The summed E-state index contributed by atoms with van der Waals surface area (Å²) in [5.74, 6) is 1.30. The molecule has 2 aliphatic rings. The summed E-state index contributed by atoms with van der Waals surface area (Å²) in [6.07, 6.45) is 6.21. The zero-order valence-electron chi connectivity index (χ0n) is 10.0. The van der Waals surface area contributed by atoms with Gasteiger partial charge in [0.15, 0.2) is 0 Å². The molecule has 1 aromatic rings. The van der Waals surface area contributed by atoms with Gasteiger partial charge in [0.25, 0.3) is 0 Å². The predicted octanol–water partition coefficient (Wildman–Crippen LogP) is 2.20. The molecule has 2 fully saturated rings. The maximum absolute atomic E-state index is 11.9. The number of carbonyl (C=O) groups is 1. The van der Waals surface area contributed by atoms with E-state index in [4.69, 9.17) is 0 Å². The van der Waals surface area contributed by atoms with Crippen LogP contribution in [0.25, 0.3) is 0 Å². The number of piperidine rings is 1. The van der Waals surface area contributed by atoms with Crippen molar-refractivity contribution in [3.8, 4) is 0 Å². The lowest BCUT2D eigenvalue weighted by Gasteiger charge is -2.31. The maximum atomic E-state index is 11.9. The molecule has 1 saturated heterocycles. The number of likely N-dealkylation sites (tertiary alicyclic amines) is 1. The largest absolute Gasteiger partial charge is 0.342 e. The van der Waals surface area contributed by atoms with Crippen LogP contribution in [0, 0.1) is 5.92 Å². The van der Waals surface area contributed by atoms with E-state index >= 15 is 0 Å². The highest BCUT2D eigenvalue weighted by Gasteiger charge is 2.35. The summed E-state index contributed by atoms with van der Waals surface area (Å²) in [4.78, 5) is 18.4. The Labute approximate surface area is 102 Å². The normalized spacial score (nSPS) is 21.5. The molecule has 1 aliphatic heterocycles. The van der Waals surface area contributed by atoms with Gasteiger partial charge in [0, 0.05) is 36.8 Å². The number of carbonyl (C=O) groups excluding carboxylic acids is 1. The molecule has 90 valence electrons. The molecule has 1 saturated carbocycles. The zero-order chi connectivity index (χ0) is 11.7. The Kier molecular flexibility index (Phi) is 2.83. The van der Waals surface area contributed by atoms with Gasteiger partial charge in [0.05, 0.1) is 0 Å². The van der Waals surface area contributed by atoms with Gasteiger partial charge in [-0.05, 0) is 37.8 Å². The molecule has 17 heavy (non-hydrogen) atoms. The SMILES string of the molecule is O=C(C1CC1)N1CCC(c2ccccn2)CC1. The summed E-state index contributed by atoms with van der Waals surface area (Å²) < 4.78 is 0. The molecule has 3 nitrogen and oxygen atoms in total. The van der Waals surface area contributed by atoms with E-state index in [2.05, 4.69) is 16.0 Å². The Hall–Kier alpha value is -1.38. The Bertz CT molecular complexity index is 392. The molecule has 0 aromatic carbocycles. The Morgan fingerprint density at radius 1 is 1.18 bits per heavy atom. The third kappa shape index (κ3) is 2.33. The minimum atomic E-state index is 0.362. The van der Waals surface area contributed by atoms with Gasteiger partial charge in [0.1, 0.15) is 0 Å². The van der Waals surface area contributed by atoms with E-state index in [1.165, 1.54) is 5.69 Å². The highest BCUT2D eigenvalue weighted by molar-refractivity contribution is 5.81. The van der Waals surface area contributed by atoms with Crippen molar-refractivity contribution in [2.24, 2.45) is 5.92 Å². The number of hydrogen-bond acceptors (Lipinski definition) is 2. The van der Waals surface area contributed by atoms with Crippen molar-refractivity contribution in [3.05, 3.63) is 30.1 Å². The fourth-order valence-electron chi connectivity index (χ4n) is 2.60. The van der Waals surface area contributed by atoms with Gasteiger partial charge in [-0.15, -0.1) is 0 Å². The van der Waals surface area contributed by atoms with E-state index < -0.39 is 0 Å². The fourth-order valence-corrected chi connectivity index (χ4v) is 2.60. The fraction of sp³-hybridized carbons (Fsp3) is 0.571. The topological polar surface area (TPSA) is 33.2 Å². The smallest absolute Gasteiger partial charge is 0.225 e. The summed E-state index contributed by atoms with van der Waals surface area (Å²) in [5, 5.41) is 0. The van der Waals surface area contributed by atoms with Crippen LogP contribution in [0.4, 0.5) is 0 Å². The minimum absolute atomic E-state index is 0.362. The molecule has 1 aliphatic carbocycles. The van der Waals surface area contributed by atoms with Crippen molar-refractivity contribution in [3.63, 3.8) is 0 Å². The van der Waals surface area contributed by atoms with Crippen molar-refractivity contribution in [2.75, 3.05) is 13.1 Å². The molecule has 3 heteroatoms. The highest BCUT2D eigenvalue weighted by atomic mass is 16.2. The second kappa shape index (κ2) is 4.47. The van der Waals surface area contributed by atoms with Crippen molar-refractivity contribution in [1.29, 1.82) is 0 Å². The number of aromatic nitrogens is 1. The second-order valence-electron chi connectivity index (χ2n) is 5.13. The summed E-state index contributed by atoms with van der Waals surface area (Å²) in [6.45, 7) is 1.83. The van der Waals surface area contributed by atoms with Gasteiger partial charge in [-0.3, -0.25) is 9.78 Å². The number of pyridine rings is 1. The Morgan fingerprint density at radius 2 is 1.94 bits per heavy atom. The zero-order valence-corrected chi connectivity index (χ0v) is 10.0. The van der Waals surface area contributed by atoms with Crippen LogP contribution in [0.1, 0.15) is 37.3 Å². The summed E-state index contributed by atoms with van der Waals surface area (Å²) in [5.41, 5.74) is 1.19. The van der Waals surface area contributed by atoms with E-state index in [-0.39, 0.29) is 0 Å². The lowest BCUT2D eigenvalue weighted by molar-refractivity contribution is -0.133. The maximum Gasteiger partial charge on any atom is 0.225 e. The molecule has 3 rings (SSSR count). The van der Waals surface area contributed by atoms with Crippen LogP contribution in [0.3, 0.4) is 0 Å². The molecule has 0 radical (unpaired) electrons. The molecule has 0 atom stereocenters. The first-order valence-corrected chi connectivity index (χ1v) is 6.54. The van der Waals surface area contributed by atoms with Crippen molar-refractivity contribution >= 4 is 5.91 Å². The number of rotatable bonds is 2. The van der Waals surface area contributed by atoms with Crippen molar-refractivity contribution in [1.82, 2.24) is 9.88 Å². The van der Waals surface area contributed by atoms with Gasteiger partial charge in [0.2, 0.25) is 5.91 Å². The van der Waals surface area contributed by atoms with E-state index in [1.807, 2.05) is 18.3 Å². The molecule has 0 unspecified atom stereocenters. The quantitative estimate of drug-likeness (QED) is 0.780. The van der Waals surface area contributed by atoms with Crippen molar-refractivity contribution < 1.29 is 4.79 Å². The van der Waals surface area contributed by atoms with Crippen LogP contribution in [-0.2, 0) is 4.79 Å². The van der Waals surface area contributed by atoms with E-state index in [1.54, 1.807) is 0 Å². The predicted molar refractivity (Wildman–Crippen MR) is 65.5 cm³/mol. The third-order valence-electron chi connectivity index (χ3n) is 3.84. The lowest BCUT2D eigenvalue weighted by Crippen LogP contribution is -2.38. The summed E-state index contributed by atoms with van der Waals surface area (Å²) >= 11 is 0. The van der Waals surface area contributed by atoms with Gasteiger partial charge in [-0.25, -0.2) is 0 Å². The first kappa shape index (κ1) is 10.8. The first-order chi connectivity index (χ1) is 8.34. The van der Waals surface area contributed by atoms with Gasteiger partial charge in [-0.1, -0.05) is 6.07 Å². The van der Waals surface area contributed by atoms with Crippen LogP contribution in [0.2, 0.25) is 0 Å². The summed E-state index contributed by atoms with van der Waals surface area (Å²) in [7, 11) is 0. The third-order valence-corrected chi connectivity index (χ3v) is 3.84. The van der Waals surface area contributed by atoms with Crippen LogP contribution < -0.4 is 0 Å². The number of hydrogen-bond donors (Lipinski definition) is 0. The average Bonchev–Trinajstić information content (AvgIpc) is 3.24. The lowest BCUT2D eigenvalue weighted by atomic mass is 9.93. The van der Waals surface area contributed by atoms with Crippen LogP contribution in [-0.4, -0.2) is 28.9 Å². The average molecular weight is 230 g/mol. The first-order valence-electron chi connectivity index (χ1n) is 6.54. The molecular weight excluding hydrogens is 212 g/mol. The number of nitrogens with zero attached hydrogens (tertiary/aromatic N) is 2. The standard InChI is InChI=1S/C14H18N2O/c17-14(12-4-5-12)16-9-6-11(7-10-16)13-3-1-2-8-15-13/h1-3,8,11-12H,4-7,9-10H2. The van der Waals surface area contributed by atoms with Gasteiger partial charge in [-0.2, -0.15) is 0 Å². The van der Waals surface area contributed by atoms with Crippen LogP contribution in [0.15, 0.2) is 24.4 Å². The molecule has 2 heterocycles. The van der Waals surface area contributed by atoms with E-state index in [0.29, 0.717) is 17.7 Å².